The molecule has 0 spiro atoms. The Bertz CT molecular complexity index is 1030. The molecule has 0 aliphatic carbocycles. The summed E-state index contributed by atoms with van der Waals surface area (Å²) in [6.07, 6.45) is 8.31. The standard InChI is InChI=1S/C17H15N7O2/c1-24-10-11(8-21-24)16-14(18-4-5-19-16)9-20-17(25)13-7-12(22-23-13)15-3-2-6-26-15/h2-8,10H,9H2,1H3,(H,20,25)(H,22,23). The Kier molecular flexibility index (Phi) is 4.02. The second kappa shape index (κ2) is 6.63. The van der Waals surface area contributed by atoms with Crippen LogP contribution in [0.25, 0.3) is 22.7 Å². The average molecular weight is 349 g/mol. The van der Waals surface area contributed by atoms with E-state index < -0.39 is 0 Å². The zero-order valence-electron chi connectivity index (χ0n) is 13.9. The Labute approximate surface area is 148 Å². The highest BCUT2D eigenvalue weighted by Gasteiger charge is 2.15. The van der Waals surface area contributed by atoms with E-state index in [0.717, 1.165) is 5.56 Å². The first kappa shape index (κ1) is 15.8. The van der Waals surface area contributed by atoms with Crippen molar-refractivity contribution in [1.29, 1.82) is 0 Å². The summed E-state index contributed by atoms with van der Waals surface area (Å²) in [6, 6.07) is 5.19. The number of furan rings is 1. The van der Waals surface area contributed by atoms with Gasteiger partial charge in [-0.2, -0.15) is 10.2 Å². The van der Waals surface area contributed by atoms with E-state index in [1.165, 1.54) is 0 Å². The molecule has 0 fully saturated rings. The van der Waals surface area contributed by atoms with Crippen LogP contribution in [0.4, 0.5) is 0 Å². The summed E-state index contributed by atoms with van der Waals surface area (Å²) >= 11 is 0. The van der Waals surface area contributed by atoms with Gasteiger partial charge in [0.2, 0.25) is 0 Å². The zero-order valence-corrected chi connectivity index (χ0v) is 13.9. The molecule has 4 aromatic rings. The summed E-state index contributed by atoms with van der Waals surface area (Å²) in [4.78, 5) is 21.0. The predicted octanol–water partition coefficient (Wildman–Crippen LogP) is 1.79. The molecule has 0 atom stereocenters. The quantitative estimate of drug-likeness (QED) is 0.568. The van der Waals surface area contributed by atoms with Crippen molar-refractivity contribution in [3.8, 4) is 22.7 Å². The topological polar surface area (TPSA) is 115 Å². The van der Waals surface area contributed by atoms with Crippen LogP contribution in [0, 0.1) is 0 Å². The number of hydrogen-bond donors (Lipinski definition) is 2. The van der Waals surface area contributed by atoms with Crippen molar-refractivity contribution in [2.24, 2.45) is 7.05 Å². The molecule has 9 nitrogen and oxygen atoms in total. The van der Waals surface area contributed by atoms with Gasteiger partial charge >= 0.3 is 0 Å². The van der Waals surface area contributed by atoms with Crippen LogP contribution in [-0.2, 0) is 13.6 Å². The minimum atomic E-state index is -0.318. The normalized spacial score (nSPS) is 10.8. The van der Waals surface area contributed by atoms with Gasteiger partial charge in [0.1, 0.15) is 5.69 Å². The summed E-state index contributed by atoms with van der Waals surface area (Å²) in [6.45, 7) is 0.222. The van der Waals surface area contributed by atoms with Crippen molar-refractivity contribution in [1.82, 2.24) is 35.3 Å². The van der Waals surface area contributed by atoms with Gasteiger partial charge in [0.05, 0.1) is 30.4 Å². The number of aryl methyl sites for hydroxylation is 1. The molecule has 130 valence electrons. The van der Waals surface area contributed by atoms with Crippen LogP contribution in [0.15, 0.2) is 53.7 Å². The summed E-state index contributed by atoms with van der Waals surface area (Å²) in [5, 5.41) is 13.8. The molecule has 0 saturated carbocycles. The van der Waals surface area contributed by atoms with Crippen molar-refractivity contribution in [3.63, 3.8) is 0 Å². The van der Waals surface area contributed by atoms with Gasteiger partial charge < -0.3 is 9.73 Å². The van der Waals surface area contributed by atoms with E-state index in [1.54, 1.807) is 47.7 Å². The van der Waals surface area contributed by atoms with Crippen LogP contribution in [0.1, 0.15) is 16.2 Å². The molecule has 0 saturated heterocycles. The number of nitrogens with one attached hydrogen (secondary N) is 2. The number of carbonyl (C=O) groups is 1. The van der Waals surface area contributed by atoms with Crippen molar-refractivity contribution < 1.29 is 9.21 Å². The monoisotopic (exact) mass is 349 g/mol. The van der Waals surface area contributed by atoms with Crippen molar-refractivity contribution in [2.45, 2.75) is 6.54 Å². The van der Waals surface area contributed by atoms with E-state index in [1.807, 2.05) is 13.2 Å². The van der Waals surface area contributed by atoms with Crippen LogP contribution < -0.4 is 5.32 Å². The third kappa shape index (κ3) is 3.09. The largest absolute Gasteiger partial charge is 0.463 e. The van der Waals surface area contributed by atoms with Gasteiger partial charge in [0.15, 0.2) is 11.5 Å². The Balaban J connectivity index is 1.49. The van der Waals surface area contributed by atoms with Crippen LogP contribution in [0.2, 0.25) is 0 Å². The summed E-state index contributed by atoms with van der Waals surface area (Å²) < 4.78 is 6.97. The van der Waals surface area contributed by atoms with Crippen molar-refractivity contribution in [2.75, 3.05) is 0 Å². The highest BCUT2D eigenvalue weighted by molar-refractivity contribution is 5.93. The molecule has 0 unspecified atom stereocenters. The van der Waals surface area contributed by atoms with Crippen LogP contribution in [0.5, 0.6) is 0 Å². The van der Waals surface area contributed by atoms with E-state index in [4.69, 9.17) is 4.42 Å². The molecule has 0 aromatic carbocycles. The molecular formula is C17H15N7O2. The fourth-order valence-electron chi connectivity index (χ4n) is 2.53. The fraction of sp³-hybridized carbons (Fsp3) is 0.118. The number of hydrogen-bond acceptors (Lipinski definition) is 6. The smallest absolute Gasteiger partial charge is 0.272 e. The lowest BCUT2D eigenvalue weighted by Crippen LogP contribution is -2.24. The number of nitrogens with zero attached hydrogens (tertiary/aromatic N) is 5. The lowest BCUT2D eigenvalue weighted by molar-refractivity contribution is 0.0945. The van der Waals surface area contributed by atoms with Crippen molar-refractivity contribution >= 4 is 5.91 Å². The molecule has 4 aromatic heterocycles. The van der Waals surface area contributed by atoms with E-state index >= 15 is 0 Å². The van der Waals surface area contributed by atoms with Gasteiger partial charge in [0, 0.05) is 37.3 Å². The number of aromatic amines is 1. The van der Waals surface area contributed by atoms with Crippen LogP contribution in [-0.4, -0.2) is 35.9 Å². The van der Waals surface area contributed by atoms with Gasteiger partial charge in [0.25, 0.3) is 5.91 Å². The SMILES string of the molecule is Cn1cc(-c2nccnc2CNC(=O)c2cc(-c3ccco3)[nH]n2)cn1. The molecule has 0 bridgehead atoms. The Morgan fingerprint density at radius 2 is 2.23 bits per heavy atom. The van der Waals surface area contributed by atoms with Gasteiger partial charge in [-0.3, -0.25) is 24.5 Å². The van der Waals surface area contributed by atoms with Gasteiger partial charge in [-0.25, -0.2) is 0 Å². The lowest BCUT2D eigenvalue weighted by atomic mass is 10.2. The second-order valence-electron chi connectivity index (χ2n) is 5.58. The zero-order chi connectivity index (χ0) is 17.9. The van der Waals surface area contributed by atoms with Gasteiger partial charge in [-0.15, -0.1) is 0 Å². The average Bonchev–Trinajstić information content (AvgIpc) is 3.40. The Morgan fingerprint density at radius 1 is 1.35 bits per heavy atom. The third-order valence-corrected chi connectivity index (χ3v) is 3.77. The Hall–Kier alpha value is -3.75. The number of H-pyrrole nitrogens is 1. The maximum atomic E-state index is 12.4. The van der Waals surface area contributed by atoms with Crippen LogP contribution >= 0.6 is 0 Å². The van der Waals surface area contributed by atoms with E-state index in [-0.39, 0.29) is 18.1 Å². The molecule has 0 aliphatic heterocycles. The first-order chi connectivity index (χ1) is 12.7. The van der Waals surface area contributed by atoms with E-state index in [9.17, 15) is 4.79 Å². The van der Waals surface area contributed by atoms with Gasteiger partial charge in [-0.05, 0) is 12.1 Å². The number of aromatic nitrogens is 6. The van der Waals surface area contributed by atoms with Crippen molar-refractivity contribution in [3.05, 3.63) is 60.6 Å². The van der Waals surface area contributed by atoms with E-state index in [2.05, 4.69) is 30.6 Å². The molecule has 0 aliphatic rings. The van der Waals surface area contributed by atoms with Gasteiger partial charge in [-0.1, -0.05) is 0 Å². The number of carbonyl (C=O) groups excluding carboxylic acids is 1. The molecule has 26 heavy (non-hydrogen) atoms. The predicted molar refractivity (Wildman–Crippen MR) is 91.7 cm³/mol. The summed E-state index contributed by atoms with van der Waals surface area (Å²) in [5.74, 6) is 0.297. The molecule has 2 N–H and O–H groups in total. The number of rotatable bonds is 5. The molecule has 9 heteroatoms. The summed E-state index contributed by atoms with van der Waals surface area (Å²) in [5.41, 5.74) is 3.07. The molecular weight excluding hydrogens is 334 g/mol. The molecule has 4 rings (SSSR count). The maximum absolute atomic E-state index is 12.4. The highest BCUT2D eigenvalue weighted by Crippen LogP contribution is 2.19. The third-order valence-electron chi connectivity index (χ3n) is 3.77. The molecule has 4 heterocycles. The van der Waals surface area contributed by atoms with E-state index in [0.29, 0.717) is 22.8 Å². The molecule has 1 amide bonds. The lowest BCUT2D eigenvalue weighted by Gasteiger charge is -2.06. The minimum Gasteiger partial charge on any atom is -0.463 e. The second-order valence-corrected chi connectivity index (χ2v) is 5.58. The highest BCUT2D eigenvalue weighted by atomic mass is 16.3. The fourth-order valence-corrected chi connectivity index (χ4v) is 2.53. The minimum absolute atomic E-state index is 0.222. The first-order valence-electron chi connectivity index (χ1n) is 7.87. The first-order valence-corrected chi connectivity index (χ1v) is 7.87. The van der Waals surface area contributed by atoms with Crippen LogP contribution in [0.3, 0.4) is 0 Å². The Morgan fingerprint density at radius 3 is 3.00 bits per heavy atom. The summed E-state index contributed by atoms with van der Waals surface area (Å²) in [7, 11) is 1.83. The molecule has 0 radical (unpaired) electrons. The number of amides is 1. The maximum Gasteiger partial charge on any atom is 0.272 e.